The Kier molecular flexibility index (Phi) is 5.70. The molecule has 1 saturated heterocycles. The number of nitrogens with zero attached hydrogens (tertiary/aromatic N) is 1. The third kappa shape index (κ3) is 3.78. The molecule has 1 aromatic heterocycles. The molecule has 2 aromatic carbocycles. The molecule has 4 N–H and O–H groups in total. The smallest absolute Gasteiger partial charge is 0.202 e. The summed E-state index contributed by atoms with van der Waals surface area (Å²) in [6.45, 7) is 2.64. The van der Waals surface area contributed by atoms with E-state index >= 15 is 0 Å². The minimum atomic E-state index is -1.31. The van der Waals surface area contributed by atoms with Gasteiger partial charge in [0.15, 0.2) is 0 Å². The average Bonchev–Trinajstić information content (AvgIpc) is 2.68. The van der Waals surface area contributed by atoms with Crippen molar-refractivity contribution in [2.45, 2.75) is 31.5 Å². The van der Waals surface area contributed by atoms with Crippen LogP contribution in [0.25, 0.3) is 11.0 Å². The van der Waals surface area contributed by atoms with Crippen LogP contribution in [0.2, 0.25) is 5.02 Å². The van der Waals surface area contributed by atoms with Gasteiger partial charge in [0.2, 0.25) is 5.43 Å². The Morgan fingerprint density at radius 2 is 1.97 bits per heavy atom. The molecule has 0 bridgehead atoms. The normalized spacial score (nSPS) is 20.8. The maximum absolute atomic E-state index is 13.4. The second kappa shape index (κ2) is 8.16. The van der Waals surface area contributed by atoms with Crippen LogP contribution in [0.15, 0.2) is 39.5 Å². The molecule has 1 fully saturated rings. The van der Waals surface area contributed by atoms with Gasteiger partial charge in [-0.25, -0.2) is 0 Å². The monoisotopic (exact) mass is 445 g/mol. The molecule has 0 aliphatic carbocycles. The zero-order valence-corrected chi connectivity index (χ0v) is 17.9. The van der Waals surface area contributed by atoms with Crippen molar-refractivity contribution in [2.24, 2.45) is 0 Å². The molecular weight excluding hydrogens is 422 g/mol. The summed E-state index contributed by atoms with van der Waals surface area (Å²) in [4.78, 5) is 15.4. The van der Waals surface area contributed by atoms with E-state index in [0.717, 1.165) is 6.07 Å². The fourth-order valence-corrected chi connectivity index (χ4v) is 4.62. The van der Waals surface area contributed by atoms with E-state index in [1.165, 1.54) is 0 Å². The number of benzene rings is 2. The summed E-state index contributed by atoms with van der Waals surface area (Å²) < 4.78 is 5.93. The molecule has 1 aliphatic rings. The Balaban J connectivity index is 1.93. The number of aliphatic hydroxyl groups excluding tert-OH is 2. The molecule has 1 aliphatic heterocycles. The molecule has 4 rings (SSSR count). The maximum Gasteiger partial charge on any atom is 0.202 e. The number of likely N-dealkylation sites (tertiary alicyclic amines) is 1. The predicted octanol–water partition coefficient (Wildman–Crippen LogP) is 3.03. The van der Waals surface area contributed by atoms with Gasteiger partial charge in [0.25, 0.3) is 0 Å². The van der Waals surface area contributed by atoms with Gasteiger partial charge in [0.1, 0.15) is 34.3 Å². The summed E-state index contributed by atoms with van der Waals surface area (Å²) in [6, 6.07) is 7.59. The fourth-order valence-electron chi connectivity index (χ4n) is 4.42. The predicted molar refractivity (Wildman–Crippen MR) is 117 cm³/mol. The Labute approximate surface area is 183 Å². The van der Waals surface area contributed by atoms with Gasteiger partial charge in [0.05, 0.1) is 11.7 Å². The van der Waals surface area contributed by atoms with E-state index in [2.05, 4.69) is 0 Å². The van der Waals surface area contributed by atoms with Crippen LogP contribution in [0.1, 0.15) is 40.9 Å². The number of fused-ring (bicyclic) bond motifs is 1. The Morgan fingerprint density at radius 3 is 2.65 bits per heavy atom. The zero-order chi connectivity index (χ0) is 22.4. The number of β-amino-alcohol motifs (C(OH)–C–C–N with tert-alkyl or cyclic N) is 1. The van der Waals surface area contributed by atoms with Crippen LogP contribution in [0.5, 0.6) is 11.5 Å². The number of rotatable bonds is 3. The van der Waals surface area contributed by atoms with E-state index in [0.29, 0.717) is 30.1 Å². The van der Waals surface area contributed by atoms with Gasteiger partial charge < -0.3 is 29.7 Å². The quantitative estimate of drug-likeness (QED) is 0.490. The molecule has 164 valence electrons. The van der Waals surface area contributed by atoms with E-state index in [4.69, 9.17) is 16.0 Å². The minimum absolute atomic E-state index is 0.0226. The van der Waals surface area contributed by atoms with Gasteiger partial charge in [-0.3, -0.25) is 4.79 Å². The van der Waals surface area contributed by atoms with E-state index in [-0.39, 0.29) is 33.6 Å². The Bertz CT molecular complexity index is 1210. The van der Waals surface area contributed by atoms with Gasteiger partial charge >= 0.3 is 0 Å². The summed E-state index contributed by atoms with van der Waals surface area (Å²) in [5.74, 6) is -1.01. The van der Waals surface area contributed by atoms with Crippen molar-refractivity contribution in [2.75, 3.05) is 20.1 Å². The number of piperidine rings is 1. The lowest BCUT2D eigenvalue weighted by atomic mass is 9.85. The number of aliphatic hydroxyl groups is 2. The largest absolute Gasteiger partial charge is 0.507 e. The van der Waals surface area contributed by atoms with Crippen LogP contribution >= 0.6 is 11.6 Å². The van der Waals surface area contributed by atoms with Gasteiger partial charge in [-0.1, -0.05) is 23.7 Å². The number of hydrogen-bond acceptors (Lipinski definition) is 7. The summed E-state index contributed by atoms with van der Waals surface area (Å²) in [5.41, 5.74) is 0.0950. The van der Waals surface area contributed by atoms with Gasteiger partial charge in [-0.2, -0.15) is 0 Å². The summed E-state index contributed by atoms with van der Waals surface area (Å²) in [5, 5.41) is 42.8. The van der Waals surface area contributed by atoms with Crippen LogP contribution < -0.4 is 5.43 Å². The van der Waals surface area contributed by atoms with Crippen molar-refractivity contribution >= 4 is 22.6 Å². The molecule has 7 nitrogen and oxygen atoms in total. The first-order valence-electron chi connectivity index (χ1n) is 10.0. The first-order chi connectivity index (χ1) is 14.7. The first-order valence-corrected chi connectivity index (χ1v) is 10.4. The van der Waals surface area contributed by atoms with Gasteiger partial charge in [-0.05, 0) is 44.6 Å². The molecule has 8 heteroatoms. The zero-order valence-electron chi connectivity index (χ0n) is 17.2. The van der Waals surface area contributed by atoms with Crippen LogP contribution in [-0.4, -0.2) is 51.6 Å². The maximum atomic E-state index is 13.4. The fraction of sp³-hybridized carbons (Fsp3) is 0.348. The van der Waals surface area contributed by atoms with E-state index in [9.17, 15) is 25.2 Å². The molecule has 2 heterocycles. The summed E-state index contributed by atoms with van der Waals surface area (Å²) in [7, 11) is 1.89. The number of aromatic hydroxyl groups is 2. The number of phenolic OH excluding ortho intramolecular Hbond substituents is 2. The third-order valence-electron chi connectivity index (χ3n) is 5.98. The molecule has 0 radical (unpaired) electrons. The number of phenols is 2. The molecular formula is C23H24ClNO6. The van der Waals surface area contributed by atoms with Crippen LogP contribution in [0.3, 0.4) is 0 Å². The van der Waals surface area contributed by atoms with Gasteiger partial charge in [-0.15, -0.1) is 0 Å². The highest BCUT2D eigenvalue weighted by Crippen LogP contribution is 2.42. The van der Waals surface area contributed by atoms with Crippen molar-refractivity contribution in [1.82, 2.24) is 4.90 Å². The van der Waals surface area contributed by atoms with Crippen LogP contribution in [0, 0.1) is 6.92 Å². The lowest BCUT2D eigenvalue weighted by molar-refractivity contribution is 0.0630. The van der Waals surface area contributed by atoms with Crippen molar-refractivity contribution in [3.8, 4) is 11.5 Å². The summed E-state index contributed by atoms with van der Waals surface area (Å²) >= 11 is 6.02. The van der Waals surface area contributed by atoms with Crippen LogP contribution in [-0.2, 0) is 0 Å². The molecule has 1 unspecified atom stereocenters. The topological polar surface area (TPSA) is 114 Å². The lowest BCUT2D eigenvalue weighted by Crippen LogP contribution is -2.40. The number of halogens is 1. The second-order valence-electron chi connectivity index (χ2n) is 8.12. The number of likely N-dealkylation sites (N-methyl/N-ethyl adjacent to an activating group) is 1. The molecule has 0 spiro atoms. The van der Waals surface area contributed by atoms with Gasteiger partial charge in [0, 0.05) is 29.1 Å². The lowest BCUT2D eigenvalue weighted by Gasteiger charge is -2.34. The standard InChI is InChI=1S/C23H24ClNO6/c1-11-18(21(29)12-4-3-5-13(24)8-12)22(30)20-16(27)9-15(26)19(23(20)31-11)14-6-7-25(2)10-17(14)28/h3-5,8-9,14,17,21,26-29H,6-7,10H2,1-2H3/t14-,17+,21?/m0/s1. The minimum Gasteiger partial charge on any atom is -0.507 e. The highest BCUT2D eigenvalue weighted by atomic mass is 35.5. The average molecular weight is 446 g/mol. The highest BCUT2D eigenvalue weighted by Gasteiger charge is 2.34. The number of aryl methyl sites for hydroxylation is 1. The van der Waals surface area contributed by atoms with E-state index in [1.807, 2.05) is 11.9 Å². The third-order valence-corrected chi connectivity index (χ3v) is 6.21. The molecule has 3 aromatic rings. The summed E-state index contributed by atoms with van der Waals surface area (Å²) in [6.07, 6.45) is -1.55. The van der Waals surface area contributed by atoms with E-state index in [1.54, 1.807) is 31.2 Å². The van der Waals surface area contributed by atoms with Crippen molar-refractivity contribution in [3.05, 3.63) is 68.0 Å². The molecule has 0 amide bonds. The second-order valence-corrected chi connectivity index (χ2v) is 8.55. The highest BCUT2D eigenvalue weighted by molar-refractivity contribution is 6.30. The SMILES string of the molecule is Cc1oc2c([C@H]3CCN(C)C[C@H]3O)c(O)cc(O)c2c(=O)c1C(O)c1cccc(Cl)c1. The van der Waals surface area contributed by atoms with E-state index < -0.39 is 29.3 Å². The van der Waals surface area contributed by atoms with Crippen LogP contribution in [0.4, 0.5) is 0 Å². The first kappa shape index (κ1) is 21.6. The van der Waals surface area contributed by atoms with Crippen molar-refractivity contribution in [3.63, 3.8) is 0 Å². The molecule has 3 atom stereocenters. The Hall–Kier alpha value is -2.58. The number of hydrogen-bond donors (Lipinski definition) is 4. The van der Waals surface area contributed by atoms with Crippen molar-refractivity contribution in [1.29, 1.82) is 0 Å². The van der Waals surface area contributed by atoms with Crippen molar-refractivity contribution < 1.29 is 24.8 Å². The Morgan fingerprint density at radius 1 is 1.23 bits per heavy atom. The molecule has 31 heavy (non-hydrogen) atoms. The molecule has 0 saturated carbocycles.